The SMILES string of the molecule is CCN(CCO)Cc1cc2ccccc2nc1N1CCCCC1. The second-order valence-corrected chi connectivity index (χ2v) is 6.30. The number of aromatic nitrogens is 1. The van der Waals surface area contributed by atoms with E-state index in [4.69, 9.17) is 4.98 Å². The van der Waals surface area contributed by atoms with Crippen molar-refractivity contribution >= 4 is 16.7 Å². The van der Waals surface area contributed by atoms with Crippen molar-refractivity contribution in [2.24, 2.45) is 0 Å². The molecule has 124 valence electrons. The zero-order valence-corrected chi connectivity index (χ0v) is 14.0. The zero-order chi connectivity index (χ0) is 16.1. The Morgan fingerprint density at radius 3 is 2.70 bits per heavy atom. The lowest BCUT2D eigenvalue weighted by atomic mass is 10.1. The first-order valence-electron chi connectivity index (χ1n) is 8.78. The topological polar surface area (TPSA) is 39.6 Å². The summed E-state index contributed by atoms with van der Waals surface area (Å²) < 4.78 is 0. The number of hydrogen-bond acceptors (Lipinski definition) is 4. The molecule has 0 saturated carbocycles. The summed E-state index contributed by atoms with van der Waals surface area (Å²) in [6, 6.07) is 10.6. The largest absolute Gasteiger partial charge is 0.395 e. The van der Waals surface area contributed by atoms with Crippen LogP contribution in [0.25, 0.3) is 10.9 Å². The number of benzene rings is 1. The average Bonchev–Trinajstić information content (AvgIpc) is 2.61. The number of anilines is 1. The molecule has 4 nitrogen and oxygen atoms in total. The third-order valence-corrected chi connectivity index (χ3v) is 4.69. The highest BCUT2D eigenvalue weighted by molar-refractivity contribution is 5.81. The van der Waals surface area contributed by atoms with Crippen LogP contribution in [0.4, 0.5) is 5.82 Å². The summed E-state index contributed by atoms with van der Waals surface area (Å²) in [5, 5.41) is 10.5. The van der Waals surface area contributed by atoms with Gasteiger partial charge < -0.3 is 10.0 Å². The molecule has 23 heavy (non-hydrogen) atoms. The molecule has 2 aromatic rings. The number of nitrogens with zero attached hydrogens (tertiary/aromatic N) is 3. The molecule has 1 fully saturated rings. The summed E-state index contributed by atoms with van der Waals surface area (Å²) in [6.45, 7) is 7.05. The summed E-state index contributed by atoms with van der Waals surface area (Å²) in [6.07, 6.45) is 3.83. The van der Waals surface area contributed by atoms with Crippen molar-refractivity contribution in [2.45, 2.75) is 32.7 Å². The van der Waals surface area contributed by atoms with E-state index in [-0.39, 0.29) is 6.61 Å². The molecule has 2 heterocycles. The van der Waals surface area contributed by atoms with Crippen LogP contribution in [-0.2, 0) is 6.54 Å². The number of piperidine rings is 1. The van der Waals surface area contributed by atoms with Crippen molar-refractivity contribution in [1.82, 2.24) is 9.88 Å². The average molecular weight is 313 g/mol. The van der Waals surface area contributed by atoms with E-state index in [2.05, 4.69) is 47.1 Å². The van der Waals surface area contributed by atoms with Gasteiger partial charge in [0.25, 0.3) is 0 Å². The Kier molecular flexibility index (Phi) is 5.47. The molecular weight excluding hydrogens is 286 g/mol. The van der Waals surface area contributed by atoms with Crippen LogP contribution in [-0.4, -0.2) is 47.8 Å². The van der Waals surface area contributed by atoms with E-state index < -0.39 is 0 Å². The van der Waals surface area contributed by atoms with Crippen LogP contribution >= 0.6 is 0 Å². The minimum atomic E-state index is 0.202. The summed E-state index contributed by atoms with van der Waals surface area (Å²) in [7, 11) is 0. The van der Waals surface area contributed by atoms with E-state index in [1.807, 2.05) is 0 Å². The van der Waals surface area contributed by atoms with Gasteiger partial charge in [0.05, 0.1) is 12.1 Å². The van der Waals surface area contributed by atoms with Crippen LogP contribution in [0.5, 0.6) is 0 Å². The first-order chi connectivity index (χ1) is 11.3. The molecule has 1 aromatic carbocycles. The smallest absolute Gasteiger partial charge is 0.133 e. The van der Waals surface area contributed by atoms with Crippen LogP contribution in [0, 0.1) is 0 Å². The van der Waals surface area contributed by atoms with E-state index in [9.17, 15) is 5.11 Å². The van der Waals surface area contributed by atoms with Gasteiger partial charge in [-0.1, -0.05) is 25.1 Å². The molecule has 1 aromatic heterocycles. The molecule has 0 aliphatic carbocycles. The Hall–Kier alpha value is -1.65. The number of para-hydroxylation sites is 1. The summed E-state index contributed by atoms with van der Waals surface area (Å²) >= 11 is 0. The zero-order valence-electron chi connectivity index (χ0n) is 14.0. The predicted octanol–water partition coefficient (Wildman–Crippen LogP) is 3.04. The fourth-order valence-corrected chi connectivity index (χ4v) is 3.38. The third-order valence-electron chi connectivity index (χ3n) is 4.69. The molecule has 0 unspecified atom stereocenters. The van der Waals surface area contributed by atoms with Crippen LogP contribution in [0.2, 0.25) is 0 Å². The molecule has 1 aliphatic heterocycles. The number of rotatable bonds is 6. The van der Waals surface area contributed by atoms with Gasteiger partial charge in [-0.3, -0.25) is 4.90 Å². The van der Waals surface area contributed by atoms with Crippen LogP contribution < -0.4 is 4.90 Å². The van der Waals surface area contributed by atoms with Crippen LogP contribution in [0.1, 0.15) is 31.7 Å². The lowest BCUT2D eigenvalue weighted by Crippen LogP contribution is -2.33. The van der Waals surface area contributed by atoms with Gasteiger partial charge in [-0.05, 0) is 37.9 Å². The maximum Gasteiger partial charge on any atom is 0.133 e. The Bertz CT molecular complexity index is 638. The van der Waals surface area contributed by atoms with Crippen molar-refractivity contribution in [1.29, 1.82) is 0 Å². The van der Waals surface area contributed by atoms with Crippen molar-refractivity contribution < 1.29 is 5.11 Å². The first kappa shape index (κ1) is 16.2. The van der Waals surface area contributed by atoms with Gasteiger partial charge in [-0.25, -0.2) is 4.98 Å². The number of aliphatic hydroxyl groups excluding tert-OH is 1. The minimum Gasteiger partial charge on any atom is -0.395 e. The summed E-state index contributed by atoms with van der Waals surface area (Å²) in [5.41, 5.74) is 2.35. The van der Waals surface area contributed by atoms with Crippen LogP contribution in [0.15, 0.2) is 30.3 Å². The summed E-state index contributed by atoms with van der Waals surface area (Å²) in [4.78, 5) is 9.70. The quantitative estimate of drug-likeness (QED) is 0.890. The first-order valence-corrected chi connectivity index (χ1v) is 8.78. The fraction of sp³-hybridized carbons (Fsp3) is 0.526. The highest BCUT2D eigenvalue weighted by Gasteiger charge is 2.18. The van der Waals surface area contributed by atoms with Crippen molar-refractivity contribution in [2.75, 3.05) is 37.7 Å². The molecule has 1 N–H and O–H groups in total. The molecule has 0 bridgehead atoms. The van der Waals surface area contributed by atoms with Gasteiger partial charge in [-0.2, -0.15) is 0 Å². The lowest BCUT2D eigenvalue weighted by Gasteiger charge is -2.31. The second kappa shape index (κ2) is 7.75. The van der Waals surface area contributed by atoms with Crippen LogP contribution in [0.3, 0.4) is 0 Å². The van der Waals surface area contributed by atoms with Gasteiger partial charge in [0.15, 0.2) is 0 Å². The predicted molar refractivity (Wildman–Crippen MR) is 95.8 cm³/mol. The van der Waals surface area contributed by atoms with Gasteiger partial charge in [0.2, 0.25) is 0 Å². The lowest BCUT2D eigenvalue weighted by molar-refractivity contribution is 0.197. The molecule has 3 rings (SSSR count). The van der Waals surface area contributed by atoms with E-state index in [1.165, 1.54) is 30.2 Å². The molecule has 4 heteroatoms. The van der Waals surface area contributed by atoms with Gasteiger partial charge in [-0.15, -0.1) is 0 Å². The highest BCUT2D eigenvalue weighted by Crippen LogP contribution is 2.27. The summed E-state index contributed by atoms with van der Waals surface area (Å²) in [5.74, 6) is 1.14. The molecule has 0 atom stereocenters. The number of likely N-dealkylation sites (N-methyl/N-ethyl adjacent to an activating group) is 1. The highest BCUT2D eigenvalue weighted by atomic mass is 16.3. The molecule has 0 amide bonds. The Morgan fingerprint density at radius 1 is 1.17 bits per heavy atom. The van der Waals surface area contributed by atoms with Gasteiger partial charge >= 0.3 is 0 Å². The van der Waals surface area contributed by atoms with Crippen molar-refractivity contribution in [3.63, 3.8) is 0 Å². The Labute approximate surface area is 138 Å². The normalized spacial score (nSPS) is 15.5. The molecule has 1 aliphatic rings. The van der Waals surface area contributed by atoms with E-state index in [1.54, 1.807) is 0 Å². The van der Waals surface area contributed by atoms with Crippen molar-refractivity contribution in [3.8, 4) is 0 Å². The third kappa shape index (κ3) is 3.82. The standard InChI is InChI=1S/C19H27N3O/c1-2-21(12-13-23)15-17-14-16-8-4-5-9-18(16)20-19(17)22-10-6-3-7-11-22/h4-5,8-9,14,23H,2-3,6-7,10-13,15H2,1H3. The number of fused-ring (bicyclic) bond motifs is 1. The second-order valence-electron chi connectivity index (χ2n) is 6.30. The monoisotopic (exact) mass is 313 g/mol. The number of pyridine rings is 1. The van der Waals surface area contributed by atoms with E-state index >= 15 is 0 Å². The van der Waals surface area contributed by atoms with E-state index in [0.29, 0.717) is 6.54 Å². The number of hydrogen-bond donors (Lipinski definition) is 1. The Morgan fingerprint density at radius 2 is 1.96 bits per heavy atom. The minimum absolute atomic E-state index is 0.202. The maximum atomic E-state index is 9.27. The maximum absolute atomic E-state index is 9.27. The Balaban J connectivity index is 1.97. The number of aliphatic hydroxyl groups is 1. The molecular formula is C19H27N3O. The molecule has 0 spiro atoms. The van der Waals surface area contributed by atoms with Crippen molar-refractivity contribution in [3.05, 3.63) is 35.9 Å². The molecule has 1 saturated heterocycles. The van der Waals surface area contributed by atoms with E-state index in [0.717, 1.165) is 37.5 Å². The molecule has 0 radical (unpaired) electrons. The fourth-order valence-electron chi connectivity index (χ4n) is 3.38. The van der Waals surface area contributed by atoms with Gasteiger partial charge in [0, 0.05) is 37.1 Å². The van der Waals surface area contributed by atoms with Gasteiger partial charge in [0.1, 0.15) is 5.82 Å².